The van der Waals surface area contributed by atoms with Gasteiger partial charge in [0.05, 0.1) is 18.3 Å². The number of carbonyl (C=O) groups excluding carboxylic acids is 1. The number of methoxy groups -OCH3 is 1. The molecule has 2 aromatic heterocycles. The Morgan fingerprint density at radius 2 is 1.94 bits per heavy atom. The van der Waals surface area contributed by atoms with Crippen molar-refractivity contribution in [2.24, 2.45) is 5.92 Å². The van der Waals surface area contributed by atoms with Crippen LogP contribution < -0.4 is 15.4 Å². The van der Waals surface area contributed by atoms with Gasteiger partial charge in [-0.3, -0.25) is 9.89 Å². The number of hydrogen-bond donors (Lipinski definition) is 3. The van der Waals surface area contributed by atoms with Gasteiger partial charge in [0.2, 0.25) is 5.91 Å². The van der Waals surface area contributed by atoms with Gasteiger partial charge in [-0.15, -0.1) is 0 Å². The van der Waals surface area contributed by atoms with Crippen LogP contribution in [0.2, 0.25) is 0 Å². The van der Waals surface area contributed by atoms with Crippen LogP contribution in [0.1, 0.15) is 18.5 Å². The van der Waals surface area contributed by atoms with Crippen LogP contribution in [0.3, 0.4) is 0 Å². The van der Waals surface area contributed by atoms with E-state index in [1.165, 1.54) is 4.68 Å². The summed E-state index contributed by atoms with van der Waals surface area (Å²) in [5.41, 5.74) is 2.39. The lowest BCUT2D eigenvalue weighted by Crippen LogP contribution is -2.12. The van der Waals surface area contributed by atoms with Gasteiger partial charge in [0.25, 0.3) is 6.43 Å². The summed E-state index contributed by atoms with van der Waals surface area (Å²) in [6, 6.07) is 16.7. The molecule has 0 spiro atoms. The molecule has 0 radical (unpaired) electrons. The molecule has 1 aliphatic carbocycles. The SMILES string of the molecule is COc1ccc(NC(=O)C2CC2)cc1.Cc1cc(Nc2n[nH]c3ccccc23)n(CC(F)F)n1. The Balaban J connectivity index is 0.000000172. The first-order chi connectivity index (χ1) is 16.4. The average Bonchev–Trinajstić information content (AvgIpc) is 3.52. The number of halogens is 2. The lowest BCUT2D eigenvalue weighted by atomic mass is 10.2. The Morgan fingerprint density at radius 3 is 2.62 bits per heavy atom. The number of benzene rings is 2. The highest BCUT2D eigenvalue weighted by atomic mass is 19.3. The number of amides is 1. The van der Waals surface area contributed by atoms with Gasteiger partial charge in [-0.05, 0) is 56.2 Å². The summed E-state index contributed by atoms with van der Waals surface area (Å²) in [7, 11) is 1.62. The number of nitrogens with one attached hydrogen (secondary N) is 3. The molecule has 0 bridgehead atoms. The van der Waals surface area contributed by atoms with Crippen molar-refractivity contribution >= 4 is 34.1 Å². The zero-order chi connectivity index (χ0) is 24.1. The van der Waals surface area contributed by atoms with E-state index in [0.717, 1.165) is 35.2 Å². The molecule has 0 atom stereocenters. The number of ether oxygens (including phenoxy) is 1. The van der Waals surface area contributed by atoms with Crippen molar-refractivity contribution in [2.75, 3.05) is 17.7 Å². The van der Waals surface area contributed by atoms with E-state index in [4.69, 9.17) is 4.74 Å². The quantitative estimate of drug-likeness (QED) is 0.350. The highest BCUT2D eigenvalue weighted by Crippen LogP contribution is 2.30. The van der Waals surface area contributed by atoms with Gasteiger partial charge in [-0.2, -0.15) is 10.2 Å². The average molecular weight is 469 g/mol. The summed E-state index contributed by atoms with van der Waals surface area (Å²) in [5.74, 6) is 2.28. The summed E-state index contributed by atoms with van der Waals surface area (Å²) >= 11 is 0. The minimum atomic E-state index is -2.45. The Labute approximate surface area is 195 Å². The van der Waals surface area contributed by atoms with Gasteiger partial charge in [-0.25, -0.2) is 13.5 Å². The van der Waals surface area contributed by atoms with E-state index in [1.54, 1.807) is 20.1 Å². The van der Waals surface area contributed by atoms with Crippen molar-refractivity contribution in [1.82, 2.24) is 20.0 Å². The fourth-order valence-electron chi connectivity index (χ4n) is 3.36. The zero-order valence-corrected chi connectivity index (χ0v) is 18.9. The Morgan fingerprint density at radius 1 is 1.21 bits per heavy atom. The standard InChI is InChI=1S/C13H13F2N5.C11H13NO2/c1-8-6-12(20(19-8)7-11(14)15)16-13-9-4-2-3-5-10(9)17-18-13;1-14-10-6-4-9(5-7-10)12-11(13)8-2-3-8/h2-6,11H,7H2,1H3,(H2,16,17,18);4-8H,2-3H2,1H3,(H,12,13). The highest BCUT2D eigenvalue weighted by molar-refractivity contribution is 5.94. The minimum Gasteiger partial charge on any atom is -0.497 e. The van der Waals surface area contributed by atoms with Crippen LogP contribution in [-0.4, -0.2) is 39.4 Å². The third kappa shape index (κ3) is 5.89. The lowest BCUT2D eigenvalue weighted by molar-refractivity contribution is -0.117. The molecule has 0 aliphatic heterocycles. The maximum Gasteiger partial charge on any atom is 0.258 e. The molecule has 8 nitrogen and oxygen atoms in total. The summed E-state index contributed by atoms with van der Waals surface area (Å²) in [4.78, 5) is 11.4. The molecular weight excluding hydrogens is 442 g/mol. The molecule has 34 heavy (non-hydrogen) atoms. The molecule has 2 heterocycles. The van der Waals surface area contributed by atoms with E-state index in [2.05, 4.69) is 25.9 Å². The number of alkyl halides is 2. The number of anilines is 3. The third-order valence-corrected chi connectivity index (χ3v) is 5.24. The van der Waals surface area contributed by atoms with Crippen molar-refractivity contribution in [3.05, 3.63) is 60.3 Å². The second-order valence-corrected chi connectivity index (χ2v) is 7.98. The van der Waals surface area contributed by atoms with Crippen molar-refractivity contribution in [2.45, 2.75) is 32.7 Å². The van der Waals surface area contributed by atoms with E-state index in [9.17, 15) is 13.6 Å². The van der Waals surface area contributed by atoms with E-state index < -0.39 is 13.0 Å². The number of hydrogen-bond acceptors (Lipinski definition) is 5. The third-order valence-electron chi connectivity index (χ3n) is 5.24. The van der Waals surface area contributed by atoms with Gasteiger partial charge >= 0.3 is 0 Å². The summed E-state index contributed by atoms with van der Waals surface area (Å²) in [5, 5.41) is 17.9. The number of aryl methyl sites for hydroxylation is 1. The second-order valence-electron chi connectivity index (χ2n) is 7.98. The van der Waals surface area contributed by atoms with E-state index in [-0.39, 0.29) is 11.8 Å². The van der Waals surface area contributed by atoms with Crippen molar-refractivity contribution in [1.29, 1.82) is 0 Å². The van der Waals surface area contributed by atoms with Gasteiger partial charge in [0.15, 0.2) is 5.82 Å². The Hall–Kier alpha value is -3.95. The fraction of sp³-hybridized carbons (Fsp3) is 0.292. The maximum absolute atomic E-state index is 12.5. The van der Waals surface area contributed by atoms with Crippen LogP contribution in [0, 0.1) is 12.8 Å². The minimum absolute atomic E-state index is 0.134. The molecule has 1 saturated carbocycles. The van der Waals surface area contributed by atoms with E-state index in [1.807, 2.05) is 48.5 Å². The van der Waals surface area contributed by atoms with Crippen molar-refractivity contribution in [3.8, 4) is 5.75 Å². The maximum atomic E-state index is 12.5. The van der Waals surface area contributed by atoms with E-state index in [0.29, 0.717) is 17.3 Å². The Bertz CT molecular complexity index is 1250. The van der Waals surface area contributed by atoms with Crippen LogP contribution in [0.4, 0.5) is 26.1 Å². The van der Waals surface area contributed by atoms with Crippen LogP contribution in [-0.2, 0) is 11.3 Å². The van der Waals surface area contributed by atoms with Crippen LogP contribution in [0.25, 0.3) is 10.9 Å². The lowest BCUT2D eigenvalue weighted by Gasteiger charge is -2.07. The molecule has 1 aliphatic rings. The zero-order valence-electron chi connectivity index (χ0n) is 18.9. The van der Waals surface area contributed by atoms with Crippen LogP contribution in [0.5, 0.6) is 5.75 Å². The molecule has 5 rings (SSSR count). The predicted molar refractivity (Wildman–Crippen MR) is 127 cm³/mol. The molecule has 4 aromatic rings. The first-order valence-corrected chi connectivity index (χ1v) is 10.9. The van der Waals surface area contributed by atoms with Gasteiger partial charge in [0, 0.05) is 23.1 Å². The summed E-state index contributed by atoms with van der Waals surface area (Å²) in [6.45, 7) is 1.31. The molecule has 2 aromatic carbocycles. The smallest absolute Gasteiger partial charge is 0.258 e. The van der Waals surface area contributed by atoms with Crippen LogP contribution >= 0.6 is 0 Å². The Kier molecular flexibility index (Phi) is 7.05. The molecular formula is C24H26F2N6O2. The normalized spacial score (nSPS) is 12.9. The van der Waals surface area contributed by atoms with Crippen molar-refractivity contribution in [3.63, 3.8) is 0 Å². The van der Waals surface area contributed by atoms with Crippen molar-refractivity contribution < 1.29 is 18.3 Å². The summed E-state index contributed by atoms with van der Waals surface area (Å²) < 4.78 is 31.3. The van der Waals surface area contributed by atoms with Gasteiger partial charge in [-0.1, -0.05) is 12.1 Å². The first-order valence-electron chi connectivity index (χ1n) is 10.9. The van der Waals surface area contributed by atoms with Gasteiger partial charge in [0.1, 0.15) is 18.1 Å². The largest absolute Gasteiger partial charge is 0.497 e. The topological polar surface area (TPSA) is 96.9 Å². The molecule has 0 saturated heterocycles. The number of aromatic amines is 1. The van der Waals surface area contributed by atoms with Gasteiger partial charge < -0.3 is 15.4 Å². The monoisotopic (exact) mass is 468 g/mol. The second kappa shape index (κ2) is 10.3. The molecule has 10 heteroatoms. The fourth-order valence-corrected chi connectivity index (χ4v) is 3.36. The number of H-pyrrole nitrogens is 1. The predicted octanol–water partition coefficient (Wildman–Crippen LogP) is 5.12. The number of nitrogens with zero attached hydrogens (tertiary/aromatic N) is 3. The first kappa shape index (κ1) is 23.2. The highest BCUT2D eigenvalue weighted by Gasteiger charge is 2.29. The molecule has 178 valence electrons. The molecule has 0 unspecified atom stereocenters. The molecule has 1 fully saturated rings. The number of carbonyl (C=O) groups is 1. The molecule has 3 N–H and O–H groups in total. The van der Waals surface area contributed by atoms with Crippen LogP contribution in [0.15, 0.2) is 54.6 Å². The van der Waals surface area contributed by atoms with E-state index >= 15 is 0 Å². The number of aromatic nitrogens is 4. The number of fused-ring (bicyclic) bond motifs is 1. The molecule has 1 amide bonds. The number of para-hydroxylation sites is 1. The summed E-state index contributed by atoms with van der Waals surface area (Å²) in [6.07, 6.45) is -0.393. The number of rotatable bonds is 7.